The van der Waals surface area contributed by atoms with Crippen LogP contribution in [0, 0.1) is 0 Å². The molecule has 0 radical (unpaired) electrons. The van der Waals surface area contributed by atoms with E-state index in [-0.39, 0.29) is 24.9 Å². The van der Waals surface area contributed by atoms with E-state index in [2.05, 4.69) is 5.32 Å². The zero-order chi connectivity index (χ0) is 18.9. The lowest BCUT2D eigenvalue weighted by atomic mass is 10.3. The molecule has 26 heavy (non-hydrogen) atoms. The van der Waals surface area contributed by atoms with E-state index in [0.29, 0.717) is 22.9 Å². The van der Waals surface area contributed by atoms with E-state index in [0.717, 1.165) is 4.88 Å². The minimum Gasteiger partial charge on any atom is -0.497 e. The lowest BCUT2D eigenvalue weighted by Gasteiger charge is -2.07. The molecular formula is C18H19NO6S. The van der Waals surface area contributed by atoms with Crippen LogP contribution in [-0.4, -0.2) is 38.0 Å². The van der Waals surface area contributed by atoms with E-state index in [1.165, 1.54) is 18.3 Å². The van der Waals surface area contributed by atoms with E-state index >= 15 is 0 Å². The van der Waals surface area contributed by atoms with Crippen LogP contribution in [0.25, 0.3) is 0 Å². The summed E-state index contributed by atoms with van der Waals surface area (Å²) in [7, 11) is 1.56. The third kappa shape index (κ3) is 6.21. The largest absolute Gasteiger partial charge is 0.497 e. The number of benzene rings is 1. The summed E-state index contributed by atoms with van der Waals surface area (Å²) in [6.45, 7) is 1.14. The molecule has 0 fully saturated rings. The quantitative estimate of drug-likeness (QED) is 0.532. The van der Waals surface area contributed by atoms with Crippen LogP contribution in [-0.2, 0) is 20.9 Å². The van der Waals surface area contributed by atoms with Crippen molar-refractivity contribution >= 4 is 29.0 Å². The Balaban J connectivity index is 1.74. The van der Waals surface area contributed by atoms with Gasteiger partial charge in [-0.05, 0) is 36.4 Å². The number of amides is 1. The number of methoxy groups -OCH3 is 1. The van der Waals surface area contributed by atoms with Crippen molar-refractivity contribution in [3.63, 3.8) is 0 Å². The van der Waals surface area contributed by atoms with Crippen LogP contribution < -0.4 is 14.8 Å². The Bertz CT molecular complexity index is 768. The van der Waals surface area contributed by atoms with E-state index < -0.39 is 5.97 Å². The Morgan fingerprint density at radius 3 is 2.35 bits per heavy atom. The fraction of sp³-hybridized carbons (Fsp3) is 0.278. The van der Waals surface area contributed by atoms with Gasteiger partial charge in [0.25, 0.3) is 0 Å². The van der Waals surface area contributed by atoms with Crippen LogP contribution in [0.5, 0.6) is 11.5 Å². The number of thiophene rings is 1. The number of hydrogen-bond acceptors (Lipinski definition) is 7. The van der Waals surface area contributed by atoms with Gasteiger partial charge in [0.2, 0.25) is 11.7 Å². The molecule has 2 aromatic rings. The summed E-state index contributed by atoms with van der Waals surface area (Å²) < 4.78 is 15.2. The van der Waals surface area contributed by atoms with Gasteiger partial charge in [0.15, 0.2) is 13.2 Å². The monoisotopic (exact) mass is 377 g/mol. The average Bonchev–Trinajstić information content (AvgIpc) is 3.12. The zero-order valence-electron chi connectivity index (χ0n) is 14.4. The van der Waals surface area contributed by atoms with E-state index in [9.17, 15) is 14.4 Å². The Morgan fingerprint density at radius 2 is 1.69 bits per heavy atom. The fourth-order valence-corrected chi connectivity index (χ4v) is 2.78. The van der Waals surface area contributed by atoms with E-state index in [1.807, 2.05) is 0 Å². The number of ketones is 1. The van der Waals surface area contributed by atoms with Crippen molar-refractivity contribution in [2.75, 3.05) is 20.3 Å². The van der Waals surface area contributed by atoms with Gasteiger partial charge in [-0.15, -0.1) is 11.3 Å². The van der Waals surface area contributed by atoms with Crippen molar-refractivity contribution in [1.82, 2.24) is 5.32 Å². The van der Waals surface area contributed by atoms with Crippen LogP contribution in [0.3, 0.4) is 0 Å². The minimum atomic E-state index is -0.635. The van der Waals surface area contributed by atoms with Crippen molar-refractivity contribution in [2.24, 2.45) is 0 Å². The highest BCUT2D eigenvalue weighted by Gasteiger charge is 2.13. The summed E-state index contributed by atoms with van der Waals surface area (Å²) in [5.41, 5.74) is 0. The summed E-state index contributed by atoms with van der Waals surface area (Å²) in [5.74, 6) is 0.0948. The van der Waals surface area contributed by atoms with Gasteiger partial charge in [0, 0.05) is 11.8 Å². The molecule has 1 amide bonds. The Morgan fingerprint density at radius 1 is 1.00 bits per heavy atom. The van der Waals surface area contributed by atoms with Gasteiger partial charge >= 0.3 is 5.97 Å². The van der Waals surface area contributed by atoms with Crippen molar-refractivity contribution < 1.29 is 28.6 Å². The molecule has 0 spiro atoms. The maximum absolute atomic E-state index is 12.0. The molecule has 7 nitrogen and oxygen atoms in total. The lowest BCUT2D eigenvalue weighted by Crippen LogP contribution is -2.19. The molecule has 0 aliphatic heterocycles. The molecule has 1 aromatic heterocycles. The minimum absolute atomic E-state index is 0.142. The highest BCUT2D eigenvalue weighted by Crippen LogP contribution is 2.18. The molecule has 0 atom stereocenters. The third-order valence-corrected chi connectivity index (χ3v) is 4.35. The Labute approximate surface area is 154 Å². The Hall–Kier alpha value is -2.87. The zero-order valence-corrected chi connectivity index (χ0v) is 15.3. The van der Waals surface area contributed by atoms with Crippen LogP contribution >= 0.6 is 11.3 Å². The van der Waals surface area contributed by atoms with E-state index in [1.54, 1.807) is 43.5 Å². The van der Waals surface area contributed by atoms with Crippen molar-refractivity contribution in [3.05, 3.63) is 46.2 Å². The smallest absolute Gasteiger partial charge is 0.344 e. The summed E-state index contributed by atoms with van der Waals surface area (Å²) in [6.07, 6.45) is 0. The molecule has 0 saturated heterocycles. The second-order valence-corrected chi connectivity index (χ2v) is 6.39. The number of Topliss-reactive ketones (excluding diaryl/α,β-unsaturated/α-hetero) is 1. The molecular weight excluding hydrogens is 358 g/mol. The highest BCUT2D eigenvalue weighted by molar-refractivity contribution is 7.14. The maximum atomic E-state index is 12.0. The van der Waals surface area contributed by atoms with E-state index in [4.69, 9.17) is 14.2 Å². The third-order valence-electron chi connectivity index (χ3n) is 3.23. The molecule has 138 valence electrons. The summed E-state index contributed by atoms with van der Waals surface area (Å²) >= 11 is 1.25. The summed E-state index contributed by atoms with van der Waals surface area (Å²) in [6, 6.07) is 10.1. The lowest BCUT2D eigenvalue weighted by molar-refractivity contribution is -0.144. The van der Waals surface area contributed by atoms with Gasteiger partial charge in [-0.3, -0.25) is 9.59 Å². The van der Waals surface area contributed by atoms with Gasteiger partial charge in [0.1, 0.15) is 11.5 Å². The summed E-state index contributed by atoms with van der Waals surface area (Å²) in [4.78, 5) is 35.9. The van der Waals surface area contributed by atoms with Crippen LogP contribution in [0.15, 0.2) is 36.4 Å². The topological polar surface area (TPSA) is 90.9 Å². The average molecular weight is 377 g/mol. The molecule has 0 bridgehead atoms. The molecule has 8 heteroatoms. The molecule has 0 aliphatic carbocycles. The van der Waals surface area contributed by atoms with Gasteiger partial charge in [-0.2, -0.15) is 0 Å². The normalized spacial score (nSPS) is 10.1. The van der Waals surface area contributed by atoms with Crippen LogP contribution in [0.4, 0.5) is 0 Å². The second-order valence-electron chi connectivity index (χ2n) is 5.22. The number of esters is 1. The van der Waals surface area contributed by atoms with Gasteiger partial charge in [-0.1, -0.05) is 0 Å². The SMILES string of the molecule is COc1ccc(OCC(=O)OCC(=O)c2ccc(CNC(C)=O)s2)cc1. The predicted molar refractivity (Wildman–Crippen MR) is 95.6 cm³/mol. The molecule has 0 saturated carbocycles. The second kappa shape index (κ2) is 9.57. The van der Waals surface area contributed by atoms with Gasteiger partial charge in [0.05, 0.1) is 18.5 Å². The summed E-state index contributed by atoms with van der Waals surface area (Å²) in [5, 5.41) is 2.65. The fourth-order valence-electron chi connectivity index (χ4n) is 1.91. The molecule has 1 N–H and O–H groups in total. The van der Waals surface area contributed by atoms with Crippen molar-refractivity contribution in [2.45, 2.75) is 13.5 Å². The maximum Gasteiger partial charge on any atom is 0.344 e. The number of carbonyl (C=O) groups excluding carboxylic acids is 3. The number of hydrogen-bond donors (Lipinski definition) is 1. The molecule has 1 heterocycles. The molecule has 1 aromatic carbocycles. The van der Waals surface area contributed by atoms with Gasteiger partial charge < -0.3 is 19.5 Å². The van der Waals surface area contributed by atoms with Crippen LogP contribution in [0.2, 0.25) is 0 Å². The molecule has 2 rings (SSSR count). The number of carbonyl (C=O) groups is 3. The molecule has 0 aliphatic rings. The Kier molecular flexibility index (Phi) is 7.16. The number of ether oxygens (including phenoxy) is 3. The number of nitrogens with one attached hydrogen (secondary N) is 1. The van der Waals surface area contributed by atoms with Crippen LogP contribution in [0.1, 0.15) is 21.5 Å². The standard InChI is InChI=1S/C18H19NO6S/c1-12(20)19-9-15-7-8-17(26-15)16(21)10-25-18(22)11-24-14-5-3-13(23-2)4-6-14/h3-8H,9-11H2,1-2H3,(H,19,20). The first-order chi connectivity index (χ1) is 12.5. The first-order valence-corrected chi connectivity index (χ1v) is 8.58. The van der Waals surface area contributed by atoms with Gasteiger partial charge in [-0.25, -0.2) is 4.79 Å². The van der Waals surface area contributed by atoms with Crippen molar-refractivity contribution in [1.29, 1.82) is 0 Å². The van der Waals surface area contributed by atoms with Crippen molar-refractivity contribution in [3.8, 4) is 11.5 Å². The first kappa shape index (κ1) is 19.5. The predicted octanol–water partition coefficient (Wildman–Crippen LogP) is 2.20. The number of rotatable bonds is 9. The highest BCUT2D eigenvalue weighted by atomic mass is 32.1. The molecule has 0 unspecified atom stereocenters. The first-order valence-electron chi connectivity index (χ1n) is 7.76.